The van der Waals surface area contributed by atoms with Crippen LogP contribution in [0.1, 0.15) is 57.6 Å². The highest BCUT2D eigenvalue weighted by Crippen LogP contribution is 2.68. The summed E-state index contributed by atoms with van der Waals surface area (Å²) in [5.74, 6) is -3.89. The number of phenols is 1. The number of aromatic hydroxyl groups is 1. The van der Waals surface area contributed by atoms with E-state index in [4.69, 9.17) is 24.1 Å². The van der Waals surface area contributed by atoms with Gasteiger partial charge in [-0.05, 0) is 62.1 Å². The van der Waals surface area contributed by atoms with Crippen molar-refractivity contribution in [3.8, 4) is 11.5 Å². The maximum absolute atomic E-state index is 13.0. The van der Waals surface area contributed by atoms with Crippen LogP contribution in [-0.2, 0) is 45.2 Å². The molecule has 7 atom stereocenters. The Labute approximate surface area is 218 Å². The number of carbonyl (C=O) groups excluding carboxylic acids is 3. The number of rotatable bonds is 7. The highest BCUT2D eigenvalue weighted by Gasteiger charge is 2.72. The van der Waals surface area contributed by atoms with Crippen molar-refractivity contribution < 1.29 is 53.4 Å². The molecule has 1 unspecified atom stereocenters. The third-order valence-corrected chi connectivity index (χ3v) is 8.53. The largest absolute Gasteiger partial charge is 0.504 e. The van der Waals surface area contributed by atoms with Crippen LogP contribution in [-0.4, -0.2) is 63.1 Å². The topological polar surface area (TPSA) is 166 Å². The smallest absolute Gasteiger partial charge is 0.348 e. The Morgan fingerprint density at radius 3 is 2.63 bits per heavy atom. The molecule has 3 aliphatic carbocycles. The Kier molecular flexibility index (Phi) is 6.17. The molecule has 1 saturated carbocycles. The molecule has 0 saturated heterocycles. The molecular weight excluding hydrogens is 500 g/mol. The second-order valence-electron chi connectivity index (χ2n) is 10.7. The van der Waals surface area contributed by atoms with Gasteiger partial charge in [0.2, 0.25) is 6.10 Å². The number of esters is 3. The fraction of sp³-hybridized carbons (Fsp3) is 0.556. The minimum atomic E-state index is -1.71. The van der Waals surface area contributed by atoms with Crippen molar-refractivity contribution in [1.29, 1.82) is 0 Å². The van der Waals surface area contributed by atoms with Crippen LogP contribution in [0.2, 0.25) is 0 Å². The maximum Gasteiger partial charge on any atom is 0.348 e. The summed E-state index contributed by atoms with van der Waals surface area (Å²) in [7, 11) is 0. The molecule has 1 aromatic rings. The number of benzene rings is 1. The number of ether oxygens (including phenoxy) is 4. The molecule has 11 nitrogen and oxygen atoms in total. The van der Waals surface area contributed by atoms with Crippen LogP contribution in [0.25, 0.3) is 0 Å². The highest BCUT2D eigenvalue weighted by molar-refractivity contribution is 5.86. The average Bonchev–Trinajstić information content (AvgIpc) is 3.20. The van der Waals surface area contributed by atoms with E-state index in [-0.39, 0.29) is 35.5 Å². The summed E-state index contributed by atoms with van der Waals surface area (Å²) in [5.41, 5.74) is -0.367. The molecule has 4 aliphatic rings. The number of carboxylic acid groups (broad SMARTS) is 1. The van der Waals surface area contributed by atoms with Crippen LogP contribution in [0.4, 0.5) is 0 Å². The van der Waals surface area contributed by atoms with Gasteiger partial charge in [-0.15, -0.1) is 0 Å². The van der Waals surface area contributed by atoms with Gasteiger partial charge in [-0.2, -0.15) is 0 Å². The van der Waals surface area contributed by atoms with Gasteiger partial charge >= 0.3 is 23.9 Å². The number of carboxylic acids is 1. The second kappa shape index (κ2) is 9.00. The van der Waals surface area contributed by atoms with Crippen molar-refractivity contribution in [3.63, 3.8) is 0 Å². The maximum atomic E-state index is 13.0. The molecule has 0 aromatic heterocycles. The second-order valence-corrected chi connectivity index (χ2v) is 10.7. The van der Waals surface area contributed by atoms with Crippen LogP contribution < -0.4 is 4.74 Å². The molecule has 0 amide bonds. The number of hydrogen-bond acceptors (Lipinski definition) is 10. The van der Waals surface area contributed by atoms with E-state index in [1.54, 1.807) is 12.1 Å². The van der Waals surface area contributed by atoms with Gasteiger partial charge < -0.3 is 34.3 Å². The van der Waals surface area contributed by atoms with Gasteiger partial charge in [-0.1, -0.05) is 13.0 Å². The Morgan fingerprint density at radius 2 is 1.95 bits per heavy atom. The molecule has 2 bridgehead atoms. The number of aliphatic hydroxyl groups is 1. The van der Waals surface area contributed by atoms with E-state index in [9.17, 15) is 29.4 Å². The summed E-state index contributed by atoms with van der Waals surface area (Å²) >= 11 is 0. The number of phenolic OH excluding ortho intramolecular Hbond substituents is 1. The van der Waals surface area contributed by atoms with Crippen molar-refractivity contribution in [2.45, 2.75) is 82.2 Å². The summed E-state index contributed by atoms with van der Waals surface area (Å²) in [6.07, 6.45) is -1.05. The van der Waals surface area contributed by atoms with E-state index in [1.165, 1.54) is 0 Å². The Balaban J connectivity index is 1.43. The first kappa shape index (κ1) is 26.0. The van der Waals surface area contributed by atoms with Gasteiger partial charge in [-0.3, -0.25) is 9.59 Å². The first-order valence-corrected chi connectivity index (χ1v) is 12.6. The van der Waals surface area contributed by atoms with Gasteiger partial charge in [0.25, 0.3) is 0 Å². The molecule has 3 N–H and O–H groups in total. The third-order valence-electron chi connectivity index (χ3n) is 8.53. The standard InChI is InChI=1S/C27H30O11/c1-12-6-8-26-21-15-4-5-17(29)22(21)38-23(26)18(7-9-27(26,34)16(12)10-15)37-20(30)11-19(36-14(3)28)25(33)35-13(2)24(31)32/h4-5,7,12-13,16,19,23,29,34H,6,8-11H2,1-3H3,(H,31,32)/t12?,13-,16-,19-,23-,26-,27+/m0/s1. The van der Waals surface area contributed by atoms with Crippen molar-refractivity contribution in [3.05, 3.63) is 35.1 Å². The van der Waals surface area contributed by atoms with E-state index >= 15 is 0 Å². The molecule has 0 radical (unpaired) electrons. The van der Waals surface area contributed by atoms with Crippen LogP contribution in [0.3, 0.4) is 0 Å². The molecular formula is C27H30O11. The van der Waals surface area contributed by atoms with Gasteiger partial charge in [0.05, 0.1) is 17.4 Å². The zero-order valence-electron chi connectivity index (χ0n) is 21.3. The van der Waals surface area contributed by atoms with E-state index < -0.39 is 59.6 Å². The third kappa shape index (κ3) is 3.74. The van der Waals surface area contributed by atoms with Crippen LogP contribution in [0.15, 0.2) is 24.0 Å². The SMILES string of the molecule is CC(=O)O[C@@H](CC(=O)OC1=CC[C@@]2(O)[C@H]3Cc4ccc(O)c5c4[C@@]2(CCC3C)[C@H]1O5)C(=O)O[C@@H](C)C(=O)O. The van der Waals surface area contributed by atoms with E-state index in [0.29, 0.717) is 12.8 Å². The summed E-state index contributed by atoms with van der Waals surface area (Å²) in [6.45, 7) is 4.27. The van der Waals surface area contributed by atoms with Crippen LogP contribution in [0.5, 0.6) is 11.5 Å². The molecule has 11 heteroatoms. The molecule has 1 fully saturated rings. The fourth-order valence-corrected chi connectivity index (χ4v) is 6.81. The number of carbonyl (C=O) groups is 4. The van der Waals surface area contributed by atoms with Crippen LogP contribution >= 0.6 is 0 Å². The van der Waals surface area contributed by atoms with Crippen LogP contribution in [0, 0.1) is 11.8 Å². The van der Waals surface area contributed by atoms with Crippen molar-refractivity contribution in [2.24, 2.45) is 11.8 Å². The zero-order chi connectivity index (χ0) is 27.6. The van der Waals surface area contributed by atoms with Crippen molar-refractivity contribution in [2.75, 3.05) is 0 Å². The molecule has 1 spiro atoms. The molecule has 204 valence electrons. The molecule has 5 rings (SSSR count). The van der Waals surface area contributed by atoms with E-state index in [1.807, 2.05) is 6.07 Å². The van der Waals surface area contributed by atoms with Crippen molar-refractivity contribution in [1.82, 2.24) is 0 Å². The lowest BCUT2D eigenvalue weighted by atomic mass is 9.45. The molecule has 38 heavy (non-hydrogen) atoms. The minimum Gasteiger partial charge on any atom is -0.504 e. The lowest BCUT2D eigenvalue weighted by molar-refractivity contribution is -0.179. The Morgan fingerprint density at radius 1 is 1.21 bits per heavy atom. The lowest BCUT2D eigenvalue weighted by Crippen LogP contribution is -2.69. The zero-order valence-corrected chi connectivity index (χ0v) is 21.3. The first-order chi connectivity index (χ1) is 17.9. The molecule has 1 aliphatic heterocycles. The average molecular weight is 531 g/mol. The summed E-state index contributed by atoms with van der Waals surface area (Å²) in [5, 5.41) is 31.8. The minimum absolute atomic E-state index is 0.0572. The normalized spacial score (nSPS) is 31.6. The lowest BCUT2D eigenvalue weighted by Gasteiger charge is -2.61. The van der Waals surface area contributed by atoms with E-state index in [0.717, 1.165) is 31.4 Å². The molecule has 1 aromatic carbocycles. The van der Waals surface area contributed by atoms with E-state index in [2.05, 4.69) is 6.92 Å². The number of aliphatic carboxylic acids is 1. The predicted octanol–water partition coefficient (Wildman–Crippen LogP) is 1.89. The Bertz CT molecular complexity index is 1250. The fourth-order valence-electron chi connectivity index (χ4n) is 6.81. The first-order valence-electron chi connectivity index (χ1n) is 12.6. The van der Waals surface area contributed by atoms with Gasteiger partial charge in [-0.25, -0.2) is 9.59 Å². The molecule has 1 heterocycles. The van der Waals surface area contributed by atoms with Gasteiger partial charge in [0.1, 0.15) is 5.76 Å². The van der Waals surface area contributed by atoms with Gasteiger partial charge in [0, 0.05) is 12.5 Å². The predicted molar refractivity (Wildman–Crippen MR) is 127 cm³/mol. The summed E-state index contributed by atoms with van der Waals surface area (Å²) < 4.78 is 21.6. The quantitative estimate of drug-likeness (QED) is 0.348. The Hall–Kier alpha value is -3.60. The highest BCUT2D eigenvalue weighted by atomic mass is 16.6. The van der Waals surface area contributed by atoms with Crippen molar-refractivity contribution >= 4 is 23.9 Å². The summed E-state index contributed by atoms with van der Waals surface area (Å²) in [6, 6.07) is 3.42. The summed E-state index contributed by atoms with van der Waals surface area (Å²) in [4.78, 5) is 48.0. The number of hydrogen-bond donors (Lipinski definition) is 3. The monoisotopic (exact) mass is 530 g/mol. The van der Waals surface area contributed by atoms with Gasteiger partial charge in [0.15, 0.2) is 23.7 Å².